The molecule has 2 N–H and O–H groups in total. The van der Waals surface area contributed by atoms with E-state index in [1.807, 2.05) is 41.9 Å². The summed E-state index contributed by atoms with van der Waals surface area (Å²) in [5.41, 5.74) is 3.09. The zero-order valence-electron chi connectivity index (χ0n) is 14.2. The van der Waals surface area contributed by atoms with Gasteiger partial charge in [-0.15, -0.1) is 0 Å². The Labute approximate surface area is 163 Å². The van der Waals surface area contributed by atoms with Crippen LogP contribution in [0.5, 0.6) is 0 Å². The largest absolute Gasteiger partial charge is 0.354 e. The van der Waals surface area contributed by atoms with E-state index in [1.54, 1.807) is 17.5 Å². The van der Waals surface area contributed by atoms with Crippen molar-refractivity contribution in [2.45, 2.75) is 6.92 Å². The quantitative estimate of drug-likeness (QED) is 0.360. The maximum Gasteiger partial charge on any atom is 0.168 e. The maximum atomic E-state index is 14.3. The molecule has 4 rings (SSSR count). The summed E-state index contributed by atoms with van der Waals surface area (Å²) < 4.78 is 27.7. The number of nitrogens with one attached hydrogen (secondary N) is 2. The van der Waals surface area contributed by atoms with Gasteiger partial charge in [0, 0.05) is 33.7 Å². The number of nitrogens with zero attached hydrogens (tertiary/aromatic N) is 1. The summed E-state index contributed by atoms with van der Waals surface area (Å²) in [4.78, 5) is 4.32. The number of halogens is 3. The molecule has 7 heteroatoms. The summed E-state index contributed by atoms with van der Waals surface area (Å²) >= 11 is 7.28. The van der Waals surface area contributed by atoms with Crippen molar-refractivity contribution in [3.8, 4) is 0 Å². The van der Waals surface area contributed by atoms with E-state index in [-0.39, 0.29) is 5.69 Å². The van der Waals surface area contributed by atoms with E-state index >= 15 is 0 Å². The number of thiophene rings is 1. The molecule has 0 unspecified atom stereocenters. The van der Waals surface area contributed by atoms with Crippen LogP contribution in [-0.4, -0.2) is 4.98 Å². The third kappa shape index (κ3) is 3.34. The molecule has 0 aliphatic carbocycles. The Morgan fingerprint density at radius 2 is 1.85 bits per heavy atom. The Hall–Kier alpha value is -2.70. The molecular formula is C20H14ClF2N3S. The summed E-state index contributed by atoms with van der Waals surface area (Å²) in [6.45, 7) is 2.01. The van der Waals surface area contributed by atoms with Crippen LogP contribution in [-0.2, 0) is 0 Å². The van der Waals surface area contributed by atoms with Crippen LogP contribution in [0.3, 0.4) is 0 Å². The van der Waals surface area contributed by atoms with Crippen LogP contribution >= 0.6 is 22.9 Å². The molecule has 0 atom stereocenters. The van der Waals surface area contributed by atoms with Crippen molar-refractivity contribution in [1.82, 2.24) is 4.98 Å². The Balaban J connectivity index is 1.80. The highest BCUT2D eigenvalue weighted by molar-refractivity contribution is 7.08. The zero-order chi connectivity index (χ0) is 19.0. The normalized spacial score (nSPS) is 11.0. The van der Waals surface area contributed by atoms with Crippen molar-refractivity contribution >= 4 is 56.6 Å². The van der Waals surface area contributed by atoms with Crippen LogP contribution in [0.15, 0.2) is 53.4 Å². The first-order valence-corrected chi connectivity index (χ1v) is 9.44. The highest BCUT2D eigenvalue weighted by Crippen LogP contribution is 2.35. The van der Waals surface area contributed by atoms with E-state index in [1.165, 1.54) is 6.07 Å². The predicted octanol–water partition coefficient (Wildman–Crippen LogP) is 7.02. The van der Waals surface area contributed by atoms with Crippen LogP contribution in [0.4, 0.5) is 31.7 Å². The minimum Gasteiger partial charge on any atom is -0.354 e. The lowest BCUT2D eigenvalue weighted by Crippen LogP contribution is -2.00. The van der Waals surface area contributed by atoms with Crippen molar-refractivity contribution in [3.63, 3.8) is 0 Å². The smallest absolute Gasteiger partial charge is 0.168 e. The minimum absolute atomic E-state index is 0.0642. The average Bonchev–Trinajstić information content (AvgIpc) is 3.18. The summed E-state index contributed by atoms with van der Waals surface area (Å²) in [7, 11) is 0. The first-order valence-electron chi connectivity index (χ1n) is 8.12. The second-order valence-corrected chi connectivity index (χ2v) is 7.16. The summed E-state index contributed by atoms with van der Waals surface area (Å²) in [6, 6.07) is 10.2. The van der Waals surface area contributed by atoms with Gasteiger partial charge in [0.15, 0.2) is 5.82 Å². The Bertz CT molecular complexity index is 1130. The van der Waals surface area contributed by atoms with Gasteiger partial charge in [-0.3, -0.25) is 0 Å². The third-order valence-electron chi connectivity index (χ3n) is 4.23. The summed E-state index contributed by atoms with van der Waals surface area (Å²) in [5.74, 6) is -1.19. The highest BCUT2D eigenvalue weighted by Gasteiger charge is 2.14. The van der Waals surface area contributed by atoms with Gasteiger partial charge >= 0.3 is 0 Å². The fourth-order valence-electron chi connectivity index (χ4n) is 2.86. The second-order valence-electron chi connectivity index (χ2n) is 6.00. The van der Waals surface area contributed by atoms with Crippen LogP contribution in [0.2, 0.25) is 5.02 Å². The molecule has 0 aliphatic rings. The van der Waals surface area contributed by atoms with Gasteiger partial charge in [0.25, 0.3) is 0 Å². The van der Waals surface area contributed by atoms with Crippen LogP contribution in [0, 0.1) is 18.6 Å². The van der Waals surface area contributed by atoms with Gasteiger partial charge in [-0.2, -0.15) is 11.3 Å². The van der Waals surface area contributed by atoms with E-state index < -0.39 is 16.7 Å². The van der Waals surface area contributed by atoms with Crippen molar-refractivity contribution in [2.75, 3.05) is 10.6 Å². The number of anilines is 4. The Kier molecular flexibility index (Phi) is 4.68. The van der Waals surface area contributed by atoms with E-state index in [4.69, 9.17) is 11.6 Å². The third-order valence-corrected chi connectivity index (χ3v) is 5.26. The summed E-state index contributed by atoms with van der Waals surface area (Å²) in [6.07, 6.45) is 1.64. The zero-order valence-corrected chi connectivity index (χ0v) is 15.8. The van der Waals surface area contributed by atoms with Crippen LogP contribution < -0.4 is 10.6 Å². The lowest BCUT2D eigenvalue weighted by molar-refractivity contribution is 0.587. The monoisotopic (exact) mass is 401 g/mol. The van der Waals surface area contributed by atoms with Gasteiger partial charge < -0.3 is 10.6 Å². The van der Waals surface area contributed by atoms with E-state index in [9.17, 15) is 8.78 Å². The number of aryl methyl sites for hydroxylation is 1. The molecule has 2 aromatic heterocycles. The molecule has 0 radical (unpaired) electrons. The van der Waals surface area contributed by atoms with Crippen molar-refractivity contribution in [2.24, 2.45) is 0 Å². The molecule has 0 bridgehead atoms. The van der Waals surface area contributed by atoms with Crippen LogP contribution in [0.1, 0.15) is 5.56 Å². The van der Waals surface area contributed by atoms with Crippen LogP contribution in [0.25, 0.3) is 10.8 Å². The number of pyridine rings is 1. The molecule has 0 amide bonds. The minimum atomic E-state index is -0.848. The molecule has 27 heavy (non-hydrogen) atoms. The molecule has 2 heterocycles. The first-order chi connectivity index (χ1) is 13.0. The molecule has 2 aromatic carbocycles. The molecule has 0 fully saturated rings. The number of aromatic nitrogens is 1. The average molecular weight is 402 g/mol. The molecular weight excluding hydrogens is 388 g/mol. The van der Waals surface area contributed by atoms with E-state index in [0.29, 0.717) is 5.82 Å². The predicted molar refractivity (Wildman–Crippen MR) is 109 cm³/mol. The van der Waals surface area contributed by atoms with Gasteiger partial charge in [0.05, 0.1) is 5.69 Å². The highest BCUT2D eigenvalue weighted by atomic mass is 35.5. The second kappa shape index (κ2) is 7.13. The molecule has 0 saturated carbocycles. The molecule has 0 spiro atoms. The van der Waals surface area contributed by atoms with Gasteiger partial charge in [0.1, 0.15) is 16.7 Å². The van der Waals surface area contributed by atoms with Gasteiger partial charge in [0.2, 0.25) is 0 Å². The number of fused-ring (bicyclic) bond motifs is 1. The molecule has 3 nitrogen and oxygen atoms in total. The topological polar surface area (TPSA) is 37.0 Å². The number of hydrogen-bond donors (Lipinski definition) is 2. The molecule has 0 saturated heterocycles. The summed E-state index contributed by atoms with van der Waals surface area (Å²) in [5, 5.41) is 11.6. The van der Waals surface area contributed by atoms with E-state index in [0.717, 1.165) is 33.8 Å². The Morgan fingerprint density at radius 1 is 1.00 bits per heavy atom. The number of rotatable bonds is 4. The lowest BCUT2D eigenvalue weighted by atomic mass is 10.1. The lowest BCUT2D eigenvalue weighted by Gasteiger charge is -2.15. The molecule has 136 valence electrons. The number of hydrogen-bond acceptors (Lipinski definition) is 4. The van der Waals surface area contributed by atoms with Crippen molar-refractivity contribution in [1.29, 1.82) is 0 Å². The SMILES string of the molecule is Cc1ccc2c(Nc3ccc(F)c(Cl)c3F)nccc2c1Nc1ccsc1. The van der Waals surface area contributed by atoms with Crippen molar-refractivity contribution < 1.29 is 8.78 Å². The van der Waals surface area contributed by atoms with Gasteiger partial charge in [-0.1, -0.05) is 23.7 Å². The molecule has 0 aliphatic heterocycles. The van der Waals surface area contributed by atoms with Gasteiger partial charge in [-0.25, -0.2) is 13.8 Å². The van der Waals surface area contributed by atoms with E-state index in [2.05, 4.69) is 15.6 Å². The fraction of sp³-hybridized carbons (Fsp3) is 0.0500. The maximum absolute atomic E-state index is 14.3. The Morgan fingerprint density at radius 3 is 2.63 bits per heavy atom. The number of benzene rings is 2. The molecule has 4 aromatic rings. The first kappa shape index (κ1) is 17.7. The van der Waals surface area contributed by atoms with Gasteiger partial charge in [-0.05, 0) is 42.1 Å². The fourth-order valence-corrected chi connectivity index (χ4v) is 3.61. The standard InChI is InChI=1S/C20H14ClF2N3S/c1-11-2-3-14-13(19(11)25-12-7-9-27-10-12)6-8-24-20(14)26-16-5-4-15(22)17(21)18(16)23/h2-10,25H,1H3,(H,24,26). The van der Waals surface area contributed by atoms with Crippen molar-refractivity contribution in [3.05, 3.63) is 75.6 Å².